The van der Waals surface area contributed by atoms with Gasteiger partial charge in [-0.2, -0.15) is 5.10 Å². The number of hydrogen-bond acceptors (Lipinski definition) is 3. The molecule has 14 heavy (non-hydrogen) atoms. The molecular weight excluding hydrogens is 182 g/mol. The topological polar surface area (TPSA) is 67.2 Å². The molecule has 0 atom stereocenters. The van der Waals surface area contributed by atoms with Crippen molar-refractivity contribution in [3.05, 3.63) is 18.0 Å². The number of rotatable bonds is 3. The molecule has 5 heteroatoms. The first-order valence-electron chi connectivity index (χ1n) is 4.39. The first-order chi connectivity index (χ1) is 6.39. The van der Waals surface area contributed by atoms with Crippen molar-refractivity contribution in [2.45, 2.75) is 26.0 Å². The molecule has 0 aliphatic carbocycles. The van der Waals surface area contributed by atoms with Gasteiger partial charge in [-0.05, 0) is 19.9 Å². The van der Waals surface area contributed by atoms with Gasteiger partial charge in [0.2, 0.25) is 0 Å². The van der Waals surface area contributed by atoms with E-state index in [-0.39, 0.29) is 0 Å². The first kappa shape index (κ1) is 10.7. The Hall–Kier alpha value is -1.36. The van der Waals surface area contributed by atoms with Crippen LogP contribution >= 0.6 is 0 Å². The van der Waals surface area contributed by atoms with Crippen LogP contribution in [0.25, 0.3) is 0 Å². The molecule has 5 nitrogen and oxygen atoms in total. The van der Waals surface area contributed by atoms with E-state index in [0.29, 0.717) is 6.54 Å². The van der Waals surface area contributed by atoms with Gasteiger partial charge in [-0.25, -0.2) is 0 Å². The van der Waals surface area contributed by atoms with Crippen LogP contribution < -0.4 is 5.32 Å². The number of aryl methyl sites for hydroxylation is 1. The molecule has 1 heterocycles. The van der Waals surface area contributed by atoms with Crippen molar-refractivity contribution in [1.29, 1.82) is 0 Å². The predicted molar refractivity (Wildman–Crippen MR) is 51.4 cm³/mol. The summed E-state index contributed by atoms with van der Waals surface area (Å²) < 4.78 is 1.66. The van der Waals surface area contributed by atoms with E-state index in [2.05, 4.69) is 10.4 Å². The van der Waals surface area contributed by atoms with Crippen molar-refractivity contribution in [1.82, 2.24) is 15.1 Å². The van der Waals surface area contributed by atoms with E-state index in [1.165, 1.54) is 13.8 Å². The molecule has 0 spiro atoms. The quantitative estimate of drug-likeness (QED) is 0.705. The zero-order valence-corrected chi connectivity index (χ0v) is 8.61. The second-order valence-corrected chi connectivity index (χ2v) is 3.72. The number of aromatic nitrogens is 2. The van der Waals surface area contributed by atoms with Gasteiger partial charge in [0.15, 0.2) is 0 Å². The van der Waals surface area contributed by atoms with E-state index in [0.717, 1.165) is 5.69 Å². The summed E-state index contributed by atoms with van der Waals surface area (Å²) in [4.78, 5) is 11.2. The SMILES string of the molecule is Cn1ccc(CNC(=O)C(C)(C)O)n1. The molecule has 2 N–H and O–H groups in total. The maximum atomic E-state index is 11.2. The molecule has 0 fully saturated rings. The Morgan fingerprint density at radius 2 is 2.36 bits per heavy atom. The van der Waals surface area contributed by atoms with Crippen molar-refractivity contribution < 1.29 is 9.90 Å². The van der Waals surface area contributed by atoms with Crippen LogP contribution in [0.4, 0.5) is 0 Å². The molecule has 0 bridgehead atoms. The fraction of sp³-hybridized carbons (Fsp3) is 0.556. The van der Waals surface area contributed by atoms with Gasteiger partial charge in [0, 0.05) is 13.2 Å². The van der Waals surface area contributed by atoms with E-state index in [4.69, 9.17) is 0 Å². The first-order valence-corrected chi connectivity index (χ1v) is 4.39. The maximum Gasteiger partial charge on any atom is 0.251 e. The second kappa shape index (κ2) is 3.79. The molecule has 0 aromatic carbocycles. The second-order valence-electron chi connectivity index (χ2n) is 3.72. The molecular formula is C9H15N3O2. The van der Waals surface area contributed by atoms with Crippen LogP contribution in [0.3, 0.4) is 0 Å². The molecule has 1 aromatic heterocycles. The third-order valence-corrected chi connectivity index (χ3v) is 1.75. The lowest BCUT2D eigenvalue weighted by Gasteiger charge is -2.15. The van der Waals surface area contributed by atoms with Crippen LogP contribution in [0.2, 0.25) is 0 Å². The van der Waals surface area contributed by atoms with Crippen molar-refractivity contribution in [2.24, 2.45) is 7.05 Å². The summed E-state index contributed by atoms with van der Waals surface area (Å²) in [6, 6.07) is 1.81. The summed E-state index contributed by atoms with van der Waals surface area (Å²) in [5.74, 6) is -0.400. The minimum atomic E-state index is -1.34. The standard InChI is InChI=1S/C9H15N3O2/c1-9(2,14)8(13)10-6-7-4-5-12(3)11-7/h4-5,14H,6H2,1-3H3,(H,10,13). The Bertz CT molecular complexity index is 325. The minimum absolute atomic E-state index is 0.337. The van der Waals surface area contributed by atoms with Crippen molar-refractivity contribution >= 4 is 5.91 Å². The van der Waals surface area contributed by atoms with Gasteiger partial charge in [0.25, 0.3) is 5.91 Å². The van der Waals surface area contributed by atoms with Gasteiger partial charge < -0.3 is 10.4 Å². The minimum Gasteiger partial charge on any atom is -0.381 e. The van der Waals surface area contributed by atoms with Gasteiger partial charge in [-0.3, -0.25) is 9.48 Å². The van der Waals surface area contributed by atoms with Crippen molar-refractivity contribution in [2.75, 3.05) is 0 Å². The molecule has 0 saturated heterocycles. The van der Waals surface area contributed by atoms with E-state index in [9.17, 15) is 9.90 Å². The van der Waals surface area contributed by atoms with Gasteiger partial charge in [-0.1, -0.05) is 0 Å². The Kier molecular flexibility index (Phi) is 2.90. The van der Waals surface area contributed by atoms with Crippen LogP contribution in [0.15, 0.2) is 12.3 Å². The van der Waals surface area contributed by atoms with Gasteiger partial charge in [0.1, 0.15) is 5.60 Å². The lowest BCUT2D eigenvalue weighted by atomic mass is 10.1. The van der Waals surface area contributed by atoms with E-state index in [1.807, 2.05) is 6.07 Å². The third-order valence-electron chi connectivity index (χ3n) is 1.75. The van der Waals surface area contributed by atoms with E-state index < -0.39 is 11.5 Å². The molecule has 0 aliphatic rings. The fourth-order valence-electron chi connectivity index (χ4n) is 0.945. The lowest BCUT2D eigenvalue weighted by Crippen LogP contribution is -2.41. The molecule has 78 valence electrons. The number of carbonyl (C=O) groups is 1. The fourth-order valence-corrected chi connectivity index (χ4v) is 0.945. The number of carbonyl (C=O) groups excluding carboxylic acids is 1. The largest absolute Gasteiger partial charge is 0.381 e. The predicted octanol–water partition coefficient (Wildman–Crippen LogP) is -0.193. The average Bonchev–Trinajstić information content (AvgIpc) is 2.45. The molecule has 1 amide bonds. The summed E-state index contributed by atoms with van der Waals surface area (Å²) in [5, 5.41) is 16.0. The number of amides is 1. The summed E-state index contributed by atoms with van der Waals surface area (Å²) in [5.41, 5.74) is -0.570. The van der Waals surface area contributed by atoms with Crippen molar-refractivity contribution in [3.8, 4) is 0 Å². The summed E-state index contributed by atoms with van der Waals surface area (Å²) >= 11 is 0. The Morgan fingerprint density at radius 1 is 1.71 bits per heavy atom. The van der Waals surface area contributed by atoms with Gasteiger partial charge in [-0.15, -0.1) is 0 Å². The zero-order chi connectivity index (χ0) is 10.8. The lowest BCUT2D eigenvalue weighted by molar-refractivity contribution is -0.136. The van der Waals surface area contributed by atoms with Crippen LogP contribution in [0.1, 0.15) is 19.5 Å². The van der Waals surface area contributed by atoms with Crippen LogP contribution in [-0.4, -0.2) is 26.4 Å². The summed E-state index contributed by atoms with van der Waals surface area (Å²) in [7, 11) is 1.81. The average molecular weight is 197 g/mol. The summed E-state index contributed by atoms with van der Waals surface area (Å²) in [6.45, 7) is 3.23. The van der Waals surface area contributed by atoms with Gasteiger partial charge in [0.05, 0.1) is 12.2 Å². The highest BCUT2D eigenvalue weighted by molar-refractivity contribution is 5.83. The molecule has 0 radical (unpaired) electrons. The van der Waals surface area contributed by atoms with Crippen LogP contribution in [-0.2, 0) is 18.4 Å². The molecule has 1 rings (SSSR count). The Balaban J connectivity index is 2.46. The number of hydrogen-bond donors (Lipinski definition) is 2. The number of nitrogens with one attached hydrogen (secondary N) is 1. The third kappa shape index (κ3) is 2.85. The Labute approximate surface area is 82.7 Å². The highest BCUT2D eigenvalue weighted by Gasteiger charge is 2.23. The number of nitrogens with zero attached hydrogens (tertiary/aromatic N) is 2. The smallest absolute Gasteiger partial charge is 0.251 e. The van der Waals surface area contributed by atoms with Crippen molar-refractivity contribution in [3.63, 3.8) is 0 Å². The zero-order valence-electron chi connectivity index (χ0n) is 8.61. The molecule has 0 unspecified atom stereocenters. The molecule has 0 saturated carbocycles. The van der Waals surface area contributed by atoms with Crippen LogP contribution in [0, 0.1) is 0 Å². The highest BCUT2D eigenvalue weighted by Crippen LogP contribution is 2.01. The Morgan fingerprint density at radius 3 is 2.79 bits per heavy atom. The van der Waals surface area contributed by atoms with E-state index in [1.54, 1.807) is 17.9 Å². The highest BCUT2D eigenvalue weighted by atomic mass is 16.3. The number of aliphatic hydroxyl groups is 1. The molecule has 0 aliphatic heterocycles. The van der Waals surface area contributed by atoms with Gasteiger partial charge >= 0.3 is 0 Å². The normalized spacial score (nSPS) is 11.4. The van der Waals surface area contributed by atoms with Crippen LogP contribution in [0.5, 0.6) is 0 Å². The van der Waals surface area contributed by atoms with E-state index >= 15 is 0 Å². The summed E-state index contributed by atoms with van der Waals surface area (Å²) in [6.07, 6.45) is 1.80. The molecule has 1 aromatic rings. The maximum absolute atomic E-state index is 11.2. The monoisotopic (exact) mass is 197 g/mol.